The Hall–Kier alpha value is -0.550. The summed E-state index contributed by atoms with van der Waals surface area (Å²) in [6.45, 7) is 0.669. The topological polar surface area (TPSA) is 64.7 Å². The summed E-state index contributed by atoms with van der Waals surface area (Å²) in [6.07, 6.45) is 1.81. The van der Waals surface area contributed by atoms with Crippen LogP contribution in [-0.4, -0.2) is 36.5 Å². The van der Waals surface area contributed by atoms with E-state index in [9.17, 15) is 4.79 Å². The number of thioether (sulfide) groups is 1. The third kappa shape index (κ3) is 3.00. The Kier molecular flexibility index (Phi) is 4.24. The predicted molar refractivity (Wildman–Crippen MR) is 54.0 cm³/mol. The minimum Gasteiger partial charge on any atom is -0.467 e. The molecule has 13 heavy (non-hydrogen) atoms. The number of hydrogen-bond acceptors (Lipinski definition) is 5. The van der Waals surface area contributed by atoms with E-state index in [1.807, 2.05) is 0 Å². The lowest BCUT2D eigenvalue weighted by Gasteiger charge is -2.00. The maximum atomic E-state index is 11.1. The van der Waals surface area contributed by atoms with Gasteiger partial charge in [0.2, 0.25) is 0 Å². The van der Waals surface area contributed by atoms with Gasteiger partial charge >= 0.3 is 5.97 Å². The van der Waals surface area contributed by atoms with Gasteiger partial charge in [0.25, 0.3) is 0 Å². The molecule has 0 saturated heterocycles. The Morgan fingerprint density at radius 1 is 1.85 bits per heavy atom. The molecule has 0 aromatic rings. The van der Waals surface area contributed by atoms with Gasteiger partial charge in [0.05, 0.1) is 12.2 Å². The third-order valence-corrected chi connectivity index (χ3v) is 2.90. The van der Waals surface area contributed by atoms with Crippen LogP contribution in [0.5, 0.6) is 0 Å². The van der Waals surface area contributed by atoms with E-state index >= 15 is 0 Å². The summed E-state index contributed by atoms with van der Waals surface area (Å²) in [5.41, 5.74) is 5.37. The van der Waals surface area contributed by atoms with Gasteiger partial charge in [0.1, 0.15) is 0 Å². The highest BCUT2D eigenvalue weighted by Crippen LogP contribution is 2.21. The highest BCUT2D eigenvalue weighted by atomic mass is 32.2. The molecule has 4 nitrogen and oxygen atoms in total. The van der Waals surface area contributed by atoms with Crippen LogP contribution in [0.15, 0.2) is 4.99 Å². The number of nitrogens with two attached hydrogens (primary N) is 1. The van der Waals surface area contributed by atoms with Gasteiger partial charge in [-0.05, 0) is 19.4 Å². The lowest BCUT2D eigenvalue weighted by molar-refractivity contribution is -0.141. The Labute approximate surface area is 81.9 Å². The minimum absolute atomic E-state index is 0.241. The zero-order chi connectivity index (χ0) is 9.68. The maximum Gasteiger partial charge on any atom is 0.331 e. The molecule has 0 aromatic carbocycles. The van der Waals surface area contributed by atoms with Crippen LogP contribution in [0.1, 0.15) is 12.8 Å². The average Bonchev–Trinajstić information content (AvgIpc) is 2.62. The number of rotatable bonds is 4. The number of hydrogen-bond donors (Lipinski definition) is 1. The van der Waals surface area contributed by atoms with E-state index in [1.165, 1.54) is 7.11 Å². The molecule has 1 heterocycles. The van der Waals surface area contributed by atoms with Gasteiger partial charge in [0.15, 0.2) is 6.04 Å². The minimum atomic E-state index is -0.289. The molecule has 2 N–H and O–H groups in total. The Bertz CT molecular complexity index is 218. The van der Waals surface area contributed by atoms with Crippen molar-refractivity contribution in [2.45, 2.75) is 18.9 Å². The molecule has 1 aliphatic heterocycles. The molecule has 0 aromatic heterocycles. The standard InChI is InChI=1S/C8H14N2O2S/c1-12-8(11)6-5-13-7(10-6)3-2-4-9/h6H,2-5,9H2,1H3. The van der Waals surface area contributed by atoms with E-state index < -0.39 is 0 Å². The molecule has 0 spiro atoms. The SMILES string of the molecule is COC(=O)C1CSC(CCCN)=N1. The molecule has 74 valence electrons. The van der Waals surface area contributed by atoms with Crippen molar-refractivity contribution in [1.29, 1.82) is 0 Å². The molecule has 0 amide bonds. The second kappa shape index (κ2) is 5.24. The molecule has 1 atom stereocenters. The molecule has 0 fully saturated rings. The smallest absolute Gasteiger partial charge is 0.331 e. The van der Waals surface area contributed by atoms with Crippen LogP contribution in [0.3, 0.4) is 0 Å². The average molecular weight is 202 g/mol. The lowest BCUT2D eigenvalue weighted by atomic mass is 10.3. The predicted octanol–water partition coefficient (Wildman–Crippen LogP) is 0.412. The molecule has 0 bridgehead atoms. The fourth-order valence-electron chi connectivity index (χ4n) is 1.07. The van der Waals surface area contributed by atoms with Crippen molar-refractivity contribution in [2.24, 2.45) is 10.7 Å². The molecule has 5 heteroatoms. The van der Waals surface area contributed by atoms with Crippen molar-refractivity contribution in [3.05, 3.63) is 0 Å². The zero-order valence-corrected chi connectivity index (χ0v) is 8.47. The van der Waals surface area contributed by atoms with E-state index in [4.69, 9.17) is 5.73 Å². The molecular formula is C8H14N2O2S. The van der Waals surface area contributed by atoms with Crippen molar-refractivity contribution in [2.75, 3.05) is 19.4 Å². The van der Waals surface area contributed by atoms with E-state index in [0.29, 0.717) is 12.3 Å². The summed E-state index contributed by atoms with van der Waals surface area (Å²) < 4.78 is 4.60. The Balaban J connectivity index is 2.39. The van der Waals surface area contributed by atoms with Crippen molar-refractivity contribution in [3.8, 4) is 0 Å². The first kappa shape index (κ1) is 10.5. The normalized spacial score (nSPS) is 21.4. The van der Waals surface area contributed by atoms with Gasteiger partial charge in [-0.2, -0.15) is 0 Å². The van der Waals surface area contributed by atoms with E-state index in [2.05, 4.69) is 9.73 Å². The van der Waals surface area contributed by atoms with Gasteiger partial charge in [-0.25, -0.2) is 4.79 Å². The maximum absolute atomic E-state index is 11.1. The Morgan fingerprint density at radius 2 is 2.62 bits per heavy atom. The van der Waals surface area contributed by atoms with Crippen LogP contribution >= 0.6 is 11.8 Å². The van der Waals surface area contributed by atoms with Crippen LogP contribution in [0.25, 0.3) is 0 Å². The second-order valence-corrected chi connectivity index (χ2v) is 3.86. The molecule has 0 radical (unpaired) electrons. The van der Waals surface area contributed by atoms with Gasteiger partial charge in [-0.3, -0.25) is 4.99 Å². The summed E-state index contributed by atoms with van der Waals surface area (Å²) >= 11 is 1.63. The first-order chi connectivity index (χ1) is 6.27. The van der Waals surface area contributed by atoms with E-state index in [0.717, 1.165) is 17.9 Å². The number of carbonyl (C=O) groups excluding carboxylic acids is 1. The van der Waals surface area contributed by atoms with Crippen LogP contribution in [0.4, 0.5) is 0 Å². The van der Waals surface area contributed by atoms with Crippen molar-refractivity contribution < 1.29 is 9.53 Å². The van der Waals surface area contributed by atoms with Crippen LogP contribution in [-0.2, 0) is 9.53 Å². The Morgan fingerprint density at radius 3 is 3.23 bits per heavy atom. The van der Waals surface area contributed by atoms with Gasteiger partial charge < -0.3 is 10.5 Å². The molecule has 0 saturated carbocycles. The summed E-state index contributed by atoms with van der Waals surface area (Å²) in [6, 6.07) is -0.289. The summed E-state index contributed by atoms with van der Waals surface area (Å²) in [5.74, 6) is 0.474. The summed E-state index contributed by atoms with van der Waals surface area (Å²) in [7, 11) is 1.39. The quantitative estimate of drug-likeness (QED) is 0.671. The molecule has 1 rings (SSSR count). The zero-order valence-electron chi connectivity index (χ0n) is 7.66. The highest BCUT2D eigenvalue weighted by Gasteiger charge is 2.24. The molecule has 1 aliphatic rings. The van der Waals surface area contributed by atoms with Gasteiger partial charge in [-0.1, -0.05) is 0 Å². The van der Waals surface area contributed by atoms with Gasteiger partial charge in [0, 0.05) is 5.75 Å². The summed E-state index contributed by atoms with van der Waals surface area (Å²) in [5, 5.41) is 1.03. The van der Waals surface area contributed by atoms with Gasteiger partial charge in [-0.15, -0.1) is 11.8 Å². The fraction of sp³-hybridized carbons (Fsp3) is 0.750. The van der Waals surface area contributed by atoms with Crippen molar-refractivity contribution in [3.63, 3.8) is 0 Å². The number of esters is 1. The number of ether oxygens (including phenoxy) is 1. The van der Waals surface area contributed by atoms with Crippen molar-refractivity contribution >= 4 is 22.8 Å². The number of carbonyl (C=O) groups is 1. The molecule has 1 unspecified atom stereocenters. The number of aliphatic imine (C=N–C) groups is 1. The second-order valence-electron chi connectivity index (χ2n) is 2.77. The molecular weight excluding hydrogens is 188 g/mol. The largest absolute Gasteiger partial charge is 0.467 e. The highest BCUT2D eigenvalue weighted by molar-refractivity contribution is 8.14. The summed E-state index contributed by atoms with van der Waals surface area (Å²) in [4.78, 5) is 15.3. The van der Waals surface area contributed by atoms with Crippen LogP contribution in [0.2, 0.25) is 0 Å². The molecule has 0 aliphatic carbocycles. The van der Waals surface area contributed by atoms with E-state index in [-0.39, 0.29) is 12.0 Å². The lowest BCUT2D eigenvalue weighted by Crippen LogP contribution is -2.19. The monoisotopic (exact) mass is 202 g/mol. The first-order valence-corrected chi connectivity index (χ1v) is 5.24. The fourth-order valence-corrected chi connectivity index (χ4v) is 2.12. The number of methoxy groups -OCH3 is 1. The van der Waals surface area contributed by atoms with Crippen LogP contribution < -0.4 is 5.73 Å². The first-order valence-electron chi connectivity index (χ1n) is 4.25. The van der Waals surface area contributed by atoms with E-state index in [1.54, 1.807) is 11.8 Å². The van der Waals surface area contributed by atoms with Crippen molar-refractivity contribution in [1.82, 2.24) is 0 Å². The third-order valence-electron chi connectivity index (χ3n) is 1.78. The van der Waals surface area contributed by atoms with Crippen LogP contribution in [0, 0.1) is 0 Å². The number of nitrogens with zero attached hydrogens (tertiary/aromatic N) is 1.